The number of carboxylic acid groups (broad SMARTS) is 1. The minimum absolute atomic E-state index is 0.0844. The number of aromatic nitrogens is 1. The van der Waals surface area contributed by atoms with Gasteiger partial charge in [0.2, 0.25) is 5.91 Å². The number of anilines is 1. The highest BCUT2D eigenvalue weighted by Crippen LogP contribution is 2.23. The molecule has 0 aromatic carbocycles. The van der Waals surface area contributed by atoms with E-state index in [1.165, 1.54) is 23.4 Å². The number of aromatic hydroxyl groups is 1. The summed E-state index contributed by atoms with van der Waals surface area (Å²) in [5.41, 5.74) is 0.320. The van der Waals surface area contributed by atoms with Crippen LogP contribution < -0.4 is 5.32 Å². The van der Waals surface area contributed by atoms with Gasteiger partial charge in [0.15, 0.2) is 5.75 Å². The van der Waals surface area contributed by atoms with Crippen molar-refractivity contribution in [1.29, 1.82) is 0 Å². The molecule has 1 aliphatic rings. The molecule has 0 saturated carbocycles. The minimum Gasteiger partial charge on any atom is -0.504 e. The van der Waals surface area contributed by atoms with Gasteiger partial charge in [-0.05, 0) is 18.9 Å². The molecule has 1 aliphatic heterocycles. The van der Waals surface area contributed by atoms with Crippen molar-refractivity contribution in [1.82, 2.24) is 9.88 Å². The molecule has 1 fully saturated rings. The van der Waals surface area contributed by atoms with E-state index in [0.29, 0.717) is 31.6 Å². The number of amides is 2. The molecule has 19 heavy (non-hydrogen) atoms. The molecule has 1 aromatic heterocycles. The van der Waals surface area contributed by atoms with Crippen molar-refractivity contribution in [2.24, 2.45) is 5.92 Å². The van der Waals surface area contributed by atoms with Crippen molar-refractivity contribution in [3.8, 4) is 5.75 Å². The molecule has 0 aliphatic carbocycles. The predicted octanol–water partition coefficient (Wildman–Crippen LogP) is 1.12. The summed E-state index contributed by atoms with van der Waals surface area (Å²) in [6.07, 6.45) is 2.75. The highest BCUT2D eigenvalue weighted by molar-refractivity contribution is 5.93. The standard InChI is InChI=1S/C12H15N3O4/c16-10-7-13-4-1-9(10)14-11(17)8-2-5-15(6-3-8)12(18)19/h1,4,7-8,16H,2-3,5-6H2,(H,18,19)(H,13,14,17). The normalized spacial score (nSPS) is 16.1. The van der Waals surface area contributed by atoms with E-state index >= 15 is 0 Å². The third kappa shape index (κ3) is 3.12. The quantitative estimate of drug-likeness (QED) is 0.743. The fourth-order valence-corrected chi connectivity index (χ4v) is 2.06. The van der Waals surface area contributed by atoms with Gasteiger partial charge in [-0.2, -0.15) is 0 Å². The summed E-state index contributed by atoms with van der Waals surface area (Å²) in [7, 11) is 0. The summed E-state index contributed by atoms with van der Waals surface area (Å²) in [6.45, 7) is 0.714. The summed E-state index contributed by atoms with van der Waals surface area (Å²) >= 11 is 0. The number of piperidine rings is 1. The summed E-state index contributed by atoms with van der Waals surface area (Å²) < 4.78 is 0. The lowest BCUT2D eigenvalue weighted by Gasteiger charge is -2.29. The van der Waals surface area contributed by atoms with Gasteiger partial charge in [0.25, 0.3) is 0 Å². The average molecular weight is 265 g/mol. The van der Waals surface area contributed by atoms with Gasteiger partial charge >= 0.3 is 6.09 Å². The number of carbonyl (C=O) groups excluding carboxylic acids is 1. The molecule has 2 amide bonds. The summed E-state index contributed by atoms with van der Waals surface area (Å²) in [4.78, 5) is 27.8. The number of nitrogens with zero attached hydrogens (tertiary/aromatic N) is 2. The SMILES string of the molecule is O=C(Nc1ccncc1O)C1CCN(C(=O)O)CC1. The average Bonchev–Trinajstić information content (AvgIpc) is 2.41. The molecular weight excluding hydrogens is 250 g/mol. The van der Waals surface area contributed by atoms with Crippen LogP contribution in [0.5, 0.6) is 5.75 Å². The van der Waals surface area contributed by atoms with Crippen LogP contribution in [0.15, 0.2) is 18.5 Å². The number of likely N-dealkylation sites (tertiary alicyclic amines) is 1. The van der Waals surface area contributed by atoms with Crippen LogP contribution in [0.3, 0.4) is 0 Å². The fourth-order valence-electron chi connectivity index (χ4n) is 2.06. The van der Waals surface area contributed by atoms with E-state index < -0.39 is 6.09 Å². The van der Waals surface area contributed by atoms with E-state index in [2.05, 4.69) is 10.3 Å². The van der Waals surface area contributed by atoms with Crippen molar-refractivity contribution in [3.05, 3.63) is 18.5 Å². The second-order valence-corrected chi connectivity index (χ2v) is 4.43. The van der Waals surface area contributed by atoms with Crippen molar-refractivity contribution in [2.45, 2.75) is 12.8 Å². The maximum Gasteiger partial charge on any atom is 0.407 e. The summed E-state index contributed by atoms with van der Waals surface area (Å²) in [6, 6.07) is 1.51. The van der Waals surface area contributed by atoms with Crippen LogP contribution in [-0.2, 0) is 4.79 Å². The molecule has 3 N–H and O–H groups in total. The lowest BCUT2D eigenvalue weighted by Crippen LogP contribution is -2.40. The zero-order valence-corrected chi connectivity index (χ0v) is 10.2. The number of nitrogens with one attached hydrogen (secondary N) is 1. The zero-order chi connectivity index (χ0) is 13.8. The van der Waals surface area contributed by atoms with Gasteiger partial charge in [0.1, 0.15) is 0 Å². The zero-order valence-electron chi connectivity index (χ0n) is 10.2. The molecule has 1 saturated heterocycles. The van der Waals surface area contributed by atoms with E-state index in [9.17, 15) is 14.7 Å². The minimum atomic E-state index is -0.953. The summed E-state index contributed by atoms with van der Waals surface area (Å²) in [5.74, 6) is -0.520. The van der Waals surface area contributed by atoms with Crippen LogP contribution in [0.25, 0.3) is 0 Å². The lowest BCUT2D eigenvalue weighted by molar-refractivity contribution is -0.121. The van der Waals surface area contributed by atoms with Gasteiger partial charge in [0.05, 0.1) is 11.9 Å². The smallest absolute Gasteiger partial charge is 0.407 e. The van der Waals surface area contributed by atoms with Gasteiger partial charge < -0.3 is 20.4 Å². The third-order valence-electron chi connectivity index (χ3n) is 3.19. The highest BCUT2D eigenvalue weighted by atomic mass is 16.4. The van der Waals surface area contributed by atoms with Crippen molar-refractivity contribution < 1.29 is 19.8 Å². The Morgan fingerprint density at radius 3 is 2.63 bits per heavy atom. The number of carbonyl (C=O) groups is 2. The van der Waals surface area contributed by atoms with Crippen LogP contribution in [0.1, 0.15) is 12.8 Å². The first-order valence-corrected chi connectivity index (χ1v) is 5.99. The molecule has 0 atom stereocenters. The van der Waals surface area contributed by atoms with Crippen LogP contribution in [-0.4, -0.2) is 45.2 Å². The molecule has 0 radical (unpaired) electrons. The Kier molecular flexibility index (Phi) is 3.84. The Labute approximate surface area is 109 Å². The Balaban J connectivity index is 1.92. The van der Waals surface area contributed by atoms with Gasteiger partial charge in [-0.3, -0.25) is 9.78 Å². The van der Waals surface area contributed by atoms with Gasteiger partial charge in [-0.1, -0.05) is 0 Å². The Morgan fingerprint density at radius 2 is 2.05 bits per heavy atom. The number of pyridine rings is 1. The van der Waals surface area contributed by atoms with Crippen LogP contribution >= 0.6 is 0 Å². The molecule has 102 valence electrons. The first-order chi connectivity index (χ1) is 9.08. The van der Waals surface area contributed by atoms with Crippen molar-refractivity contribution in [3.63, 3.8) is 0 Å². The van der Waals surface area contributed by atoms with Crippen molar-refractivity contribution >= 4 is 17.7 Å². The highest BCUT2D eigenvalue weighted by Gasteiger charge is 2.27. The third-order valence-corrected chi connectivity index (χ3v) is 3.19. The molecule has 0 bridgehead atoms. The molecule has 7 nitrogen and oxygen atoms in total. The van der Waals surface area contributed by atoms with Gasteiger partial charge in [-0.15, -0.1) is 0 Å². The molecular formula is C12H15N3O4. The number of hydrogen-bond donors (Lipinski definition) is 3. The van der Waals surface area contributed by atoms with E-state index in [1.54, 1.807) is 0 Å². The van der Waals surface area contributed by atoms with E-state index in [1.807, 2.05) is 0 Å². The van der Waals surface area contributed by atoms with Crippen LogP contribution in [0.2, 0.25) is 0 Å². The maximum atomic E-state index is 12.0. The Hall–Kier alpha value is -2.31. The topological polar surface area (TPSA) is 103 Å². The van der Waals surface area contributed by atoms with Gasteiger partial charge in [0, 0.05) is 25.2 Å². The fraction of sp³-hybridized carbons (Fsp3) is 0.417. The van der Waals surface area contributed by atoms with Crippen molar-refractivity contribution in [2.75, 3.05) is 18.4 Å². The number of rotatable bonds is 2. The van der Waals surface area contributed by atoms with Gasteiger partial charge in [-0.25, -0.2) is 4.79 Å². The van der Waals surface area contributed by atoms with Crippen LogP contribution in [0.4, 0.5) is 10.5 Å². The molecule has 7 heteroatoms. The van der Waals surface area contributed by atoms with E-state index in [0.717, 1.165) is 0 Å². The number of hydrogen-bond acceptors (Lipinski definition) is 4. The second kappa shape index (κ2) is 5.55. The molecule has 2 rings (SSSR count). The monoisotopic (exact) mass is 265 g/mol. The second-order valence-electron chi connectivity index (χ2n) is 4.43. The lowest BCUT2D eigenvalue weighted by atomic mass is 9.96. The first-order valence-electron chi connectivity index (χ1n) is 5.99. The Morgan fingerprint density at radius 1 is 1.37 bits per heavy atom. The molecule has 0 spiro atoms. The predicted molar refractivity (Wildman–Crippen MR) is 66.9 cm³/mol. The molecule has 0 unspecified atom stereocenters. The van der Waals surface area contributed by atoms with E-state index in [-0.39, 0.29) is 17.6 Å². The largest absolute Gasteiger partial charge is 0.504 e. The summed E-state index contributed by atoms with van der Waals surface area (Å²) in [5, 5.41) is 21.0. The molecule has 1 aromatic rings. The Bertz CT molecular complexity index is 484. The molecule has 2 heterocycles. The van der Waals surface area contributed by atoms with Crippen LogP contribution in [0, 0.1) is 5.92 Å². The first kappa shape index (κ1) is 13.1. The maximum absolute atomic E-state index is 12.0. The van der Waals surface area contributed by atoms with E-state index in [4.69, 9.17) is 5.11 Å².